The third-order valence-corrected chi connectivity index (χ3v) is 4.33. The van der Waals surface area contributed by atoms with Crippen molar-refractivity contribution in [1.82, 2.24) is 15.0 Å². The van der Waals surface area contributed by atoms with E-state index >= 15 is 0 Å². The van der Waals surface area contributed by atoms with Crippen LogP contribution in [0.5, 0.6) is 0 Å². The highest BCUT2D eigenvalue weighted by Crippen LogP contribution is 2.25. The predicted octanol–water partition coefficient (Wildman–Crippen LogP) is 1.00. The highest BCUT2D eigenvalue weighted by atomic mass is 16.1. The van der Waals surface area contributed by atoms with E-state index in [2.05, 4.69) is 19.9 Å². The molecule has 0 unspecified atom stereocenters. The Morgan fingerprint density at radius 1 is 1.38 bits per heavy atom. The van der Waals surface area contributed by atoms with Gasteiger partial charge in [0.05, 0.1) is 0 Å². The number of likely N-dealkylation sites (N-methyl/N-ethyl adjacent to an activating group) is 1. The van der Waals surface area contributed by atoms with Gasteiger partial charge in [-0.15, -0.1) is 0 Å². The largest absolute Gasteiger partial charge is 0.368 e. The molecular formula is C17H22N6O. The Balaban J connectivity index is 1.69. The summed E-state index contributed by atoms with van der Waals surface area (Å²) in [6, 6.07) is 7.56. The minimum Gasteiger partial charge on any atom is -0.368 e. The predicted molar refractivity (Wildman–Crippen MR) is 92.8 cm³/mol. The van der Waals surface area contributed by atoms with Crippen molar-refractivity contribution in [2.75, 3.05) is 29.9 Å². The lowest BCUT2D eigenvalue weighted by Crippen LogP contribution is -2.40. The first kappa shape index (κ1) is 16.2. The molecule has 7 nitrogen and oxygen atoms in total. The number of primary amides is 1. The molecule has 1 amide bonds. The minimum atomic E-state index is -0.295. The van der Waals surface area contributed by atoms with Crippen LogP contribution < -0.4 is 15.5 Å². The van der Waals surface area contributed by atoms with Gasteiger partial charge in [-0.2, -0.15) is 0 Å². The monoisotopic (exact) mass is 326 g/mol. The van der Waals surface area contributed by atoms with Gasteiger partial charge in [0.1, 0.15) is 24.0 Å². The van der Waals surface area contributed by atoms with E-state index in [4.69, 9.17) is 5.73 Å². The van der Waals surface area contributed by atoms with Crippen LogP contribution >= 0.6 is 0 Å². The Labute approximate surface area is 141 Å². The lowest BCUT2D eigenvalue weighted by molar-refractivity contribution is -0.119. The summed E-state index contributed by atoms with van der Waals surface area (Å²) in [5.74, 6) is 1.29. The van der Waals surface area contributed by atoms with Crippen molar-refractivity contribution in [3.63, 3.8) is 0 Å². The molecule has 2 aromatic rings. The Morgan fingerprint density at radius 2 is 2.25 bits per heavy atom. The van der Waals surface area contributed by atoms with Crippen molar-refractivity contribution >= 4 is 17.5 Å². The lowest BCUT2D eigenvalue weighted by atomic mass is 10.2. The van der Waals surface area contributed by atoms with E-state index in [0.717, 1.165) is 49.7 Å². The van der Waals surface area contributed by atoms with E-state index < -0.39 is 0 Å². The third kappa shape index (κ3) is 3.61. The van der Waals surface area contributed by atoms with E-state index in [1.807, 2.05) is 36.2 Å². The van der Waals surface area contributed by atoms with Crippen molar-refractivity contribution in [3.05, 3.63) is 42.5 Å². The zero-order chi connectivity index (χ0) is 16.9. The molecular weight excluding hydrogens is 304 g/mol. The van der Waals surface area contributed by atoms with E-state index in [1.54, 1.807) is 6.20 Å². The molecule has 0 aromatic carbocycles. The van der Waals surface area contributed by atoms with Crippen LogP contribution in [0.1, 0.15) is 18.5 Å². The van der Waals surface area contributed by atoms with E-state index in [-0.39, 0.29) is 11.9 Å². The van der Waals surface area contributed by atoms with E-state index in [9.17, 15) is 4.79 Å². The molecule has 2 aromatic heterocycles. The first-order chi connectivity index (χ1) is 11.6. The summed E-state index contributed by atoms with van der Waals surface area (Å²) in [5, 5.41) is 0. The van der Waals surface area contributed by atoms with Crippen LogP contribution in [0.4, 0.5) is 11.6 Å². The van der Waals surface area contributed by atoms with Gasteiger partial charge in [-0.1, -0.05) is 6.07 Å². The normalized spacial score (nSPS) is 17.0. The van der Waals surface area contributed by atoms with Crippen LogP contribution in [-0.2, 0) is 11.2 Å². The summed E-state index contributed by atoms with van der Waals surface area (Å²) in [6.07, 6.45) is 5.91. The zero-order valence-electron chi connectivity index (χ0n) is 13.8. The summed E-state index contributed by atoms with van der Waals surface area (Å²) in [6.45, 7) is 1.59. The van der Waals surface area contributed by atoms with Crippen molar-refractivity contribution in [2.24, 2.45) is 5.73 Å². The number of pyridine rings is 1. The van der Waals surface area contributed by atoms with Gasteiger partial charge in [-0.3, -0.25) is 9.78 Å². The first-order valence-electron chi connectivity index (χ1n) is 8.14. The highest BCUT2D eigenvalue weighted by Gasteiger charge is 2.30. The van der Waals surface area contributed by atoms with Gasteiger partial charge in [-0.25, -0.2) is 9.97 Å². The molecule has 1 saturated heterocycles. The molecule has 2 N–H and O–H groups in total. The molecule has 1 atom stereocenters. The van der Waals surface area contributed by atoms with Crippen LogP contribution in [0.25, 0.3) is 0 Å². The molecule has 0 radical (unpaired) electrons. The zero-order valence-corrected chi connectivity index (χ0v) is 13.8. The van der Waals surface area contributed by atoms with Gasteiger partial charge >= 0.3 is 0 Å². The number of carbonyl (C=O) groups is 1. The molecule has 0 aliphatic carbocycles. The lowest BCUT2D eigenvalue weighted by Gasteiger charge is -2.25. The van der Waals surface area contributed by atoms with Crippen LogP contribution in [0.3, 0.4) is 0 Å². The molecule has 24 heavy (non-hydrogen) atoms. The fourth-order valence-electron chi connectivity index (χ4n) is 2.98. The van der Waals surface area contributed by atoms with Crippen molar-refractivity contribution in [1.29, 1.82) is 0 Å². The summed E-state index contributed by atoms with van der Waals surface area (Å²) in [4.78, 5) is 28.6. The maximum Gasteiger partial charge on any atom is 0.240 e. The number of amides is 1. The van der Waals surface area contributed by atoms with Gasteiger partial charge in [-0.05, 0) is 25.0 Å². The Morgan fingerprint density at radius 3 is 3.00 bits per heavy atom. The average Bonchev–Trinajstić information content (AvgIpc) is 3.11. The number of aromatic nitrogens is 3. The number of nitrogens with two attached hydrogens (primary N) is 1. The van der Waals surface area contributed by atoms with Crippen LogP contribution in [-0.4, -0.2) is 47.0 Å². The number of rotatable bonds is 6. The second-order valence-electron chi connectivity index (χ2n) is 5.98. The second-order valence-corrected chi connectivity index (χ2v) is 5.98. The maximum atomic E-state index is 11.6. The summed E-state index contributed by atoms with van der Waals surface area (Å²) in [5.41, 5.74) is 6.54. The smallest absolute Gasteiger partial charge is 0.240 e. The number of anilines is 2. The van der Waals surface area contributed by atoms with Crippen LogP contribution in [0.2, 0.25) is 0 Å². The number of hydrogen-bond donors (Lipinski definition) is 1. The van der Waals surface area contributed by atoms with Gasteiger partial charge in [0.25, 0.3) is 0 Å². The van der Waals surface area contributed by atoms with Crippen LogP contribution in [0, 0.1) is 0 Å². The summed E-state index contributed by atoms with van der Waals surface area (Å²) < 4.78 is 0. The Kier molecular flexibility index (Phi) is 4.88. The molecule has 1 aliphatic rings. The molecule has 0 bridgehead atoms. The maximum absolute atomic E-state index is 11.6. The van der Waals surface area contributed by atoms with Gasteiger partial charge in [0.2, 0.25) is 5.91 Å². The molecule has 126 valence electrons. The quantitative estimate of drug-likeness (QED) is 0.852. The van der Waals surface area contributed by atoms with E-state index in [1.165, 1.54) is 6.33 Å². The van der Waals surface area contributed by atoms with Crippen molar-refractivity contribution in [3.8, 4) is 0 Å². The minimum absolute atomic E-state index is 0.272. The van der Waals surface area contributed by atoms with Gasteiger partial charge in [0.15, 0.2) is 0 Å². The second kappa shape index (κ2) is 7.25. The van der Waals surface area contributed by atoms with Crippen molar-refractivity contribution in [2.45, 2.75) is 25.3 Å². The fourth-order valence-corrected chi connectivity index (χ4v) is 2.98. The topological polar surface area (TPSA) is 88.2 Å². The van der Waals surface area contributed by atoms with Gasteiger partial charge in [0, 0.05) is 44.5 Å². The van der Waals surface area contributed by atoms with E-state index in [0.29, 0.717) is 0 Å². The number of carbonyl (C=O) groups excluding carboxylic acids is 1. The summed E-state index contributed by atoms with van der Waals surface area (Å²) in [7, 11) is 1.99. The average molecular weight is 326 g/mol. The standard InChI is InChI=1S/C17H22N6O/c1-22(10-7-13-5-2-3-8-19-13)15-11-16(21-12-20-15)23-9-4-6-14(23)17(18)24/h2-3,5,8,11-12,14H,4,6-7,9-10H2,1H3,(H2,18,24)/t14-/m0/s1. The van der Waals surface area contributed by atoms with Gasteiger partial charge < -0.3 is 15.5 Å². The third-order valence-electron chi connectivity index (χ3n) is 4.33. The SMILES string of the molecule is CN(CCc1ccccn1)c1cc(N2CCC[C@H]2C(N)=O)ncn1. The molecule has 7 heteroatoms. The molecule has 1 aliphatic heterocycles. The number of nitrogens with zero attached hydrogens (tertiary/aromatic N) is 5. The van der Waals surface area contributed by atoms with Crippen LogP contribution in [0.15, 0.2) is 36.8 Å². The first-order valence-corrected chi connectivity index (χ1v) is 8.14. The molecule has 0 spiro atoms. The van der Waals surface area contributed by atoms with Crippen molar-refractivity contribution < 1.29 is 4.79 Å². The molecule has 3 heterocycles. The molecule has 1 fully saturated rings. The Bertz CT molecular complexity index is 692. The molecule has 3 rings (SSSR count). The number of hydrogen-bond acceptors (Lipinski definition) is 6. The highest BCUT2D eigenvalue weighted by molar-refractivity contribution is 5.84. The fraction of sp³-hybridized carbons (Fsp3) is 0.412. The Hall–Kier alpha value is -2.70. The summed E-state index contributed by atoms with van der Waals surface area (Å²) >= 11 is 0. The molecule has 0 saturated carbocycles.